The number of alkyl halides is 3. The summed E-state index contributed by atoms with van der Waals surface area (Å²) >= 11 is 0. The van der Waals surface area contributed by atoms with Gasteiger partial charge in [-0.1, -0.05) is 0 Å². The van der Waals surface area contributed by atoms with E-state index in [1.165, 1.54) is 26.0 Å². The molecule has 0 fully saturated rings. The molecule has 0 aromatic carbocycles. The minimum absolute atomic E-state index is 0.122. The van der Waals surface area contributed by atoms with Crippen LogP contribution in [0.25, 0.3) is 0 Å². The average Bonchev–Trinajstić information content (AvgIpc) is 2.34. The standard InChI is InChI=1S/C11H16F3N3O2S/c1-8(2)17(7-11(12,13)14)20(18,19)10-4-3-9(5-15)16-6-10/h3-4,6,8H,5,7,15H2,1-2H3. The van der Waals surface area contributed by atoms with Crippen molar-refractivity contribution in [3.8, 4) is 0 Å². The van der Waals surface area contributed by atoms with Gasteiger partial charge in [-0.15, -0.1) is 0 Å². The van der Waals surface area contributed by atoms with E-state index in [2.05, 4.69) is 4.98 Å². The number of hydrogen-bond donors (Lipinski definition) is 1. The van der Waals surface area contributed by atoms with Crippen LogP contribution in [0.2, 0.25) is 0 Å². The lowest BCUT2D eigenvalue weighted by atomic mass is 10.4. The van der Waals surface area contributed by atoms with Gasteiger partial charge in [0.05, 0.1) is 5.69 Å². The van der Waals surface area contributed by atoms with Crippen molar-refractivity contribution in [2.45, 2.75) is 37.5 Å². The van der Waals surface area contributed by atoms with Crippen molar-refractivity contribution in [1.29, 1.82) is 0 Å². The maximum absolute atomic E-state index is 12.5. The van der Waals surface area contributed by atoms with Crippen molar-refractivity contribution in [2.24, 2.45) is 5.73 Å². The molecular weight excluding hydrogens is 295 g/mol. The molecule has 1 aromatic heterocycles. The smallest absolute Gasteiger partial charge is 0.325 e. The van der Waals surface area contributed by atoms with E-state index in [0.29, 0.717) is 10.00 Å². The lowest BCUT2D eigenvalue weighted by Crippen LogP contribution is -2.43. The van der Waals surface area contributed by atoms with Gasteiger partial charge in [-0.2, -0.15) is 17.5 Å². The first-order chi connectivity index (χ1) is 9.08. The Morgan fingerprint density at radius 3 is 2.30 bits per heavy atom. The van der Waals surface area contributed by atoms with Crippen molar-refractivity contribution >= 4 is 10.0 Å². The highest BCUT2D eigenvalue weighted by molar-refractivity contribution is 7.89. The van der Waals surface area contributed by atoms with Gasteiger partial charge in [-0.25, -0.2) is 8.42 Å². The van der Waals surface area contributed by atoms with Crippen molar-refractivity contribution in [3.63, 3.8) is 0 Å². The third kappa shape index (κ3) is 4.15. The van der Waals surface area contributed by atoms with Crippen LogP contribution in [0, 0.1) is 0 Å². The van der Waals surface area contributed by atoms with Gasteiger partial charge in [0.15, 0.2) is 0 Å². The summed E-state index contributed by atoms with van der Waals surface area (Å²) in [5, 5.41) is 0. The van der Waals surface area contributed by atoms with E-state index in [9.17, 15) is 21.6 Å². The fraction of sp³-hybridized carbons (Fsp3) is 0.545. The van der Waals surface area contributed by atoms with E-state index < -0.39 is 28.8 Å². The molecule has 114 valence electrons. The summed E-state index contributed by atoms with van der Waals surface area (Å²) in [6.45, 7) is 1.35. The Labute approximate surface area is 115 Å². The lowest BCUT2D eigenvalue weighted by molar-refractivity contribution is -0.138. The second-order valence-corrected chi connectivity index (χ2v) is 6.34. The molecule has 0 aliphatic heterocycles. The number of halogens is 3. The van der Waals surface area contributed by atoms with Gasteiger partial charge >= 0.3 is 6.18 Å². The summed E-state index contributed by atoms with van der Waals surface area (Å²) in [5.41, 5.74) is 5.78. The molecule has 0 bridgehead atoms. The highest BCUT2D eigenvalue weighted by Gasteiger charge is 2.38. The van der Waals surface area contributed by atoms with Crippen LogP contribution in [0.15, 0.2) is 23.2 Å². The van der Waals surface area contributed by atoms with Crippen LogP contribution in [-0.4, -0.2) is 36.5 Å². The van der Waals surface area contributed by atoms with Gasteiger partial charge in [-0.05, 0) is 26.0 Å². The van der Waals surface area contributed by atoms with Crippen LogP contribution in [0.4, 0.5) is 13.2 Å². The summed E-state index contributed by atoms with van der Waals surface area (Å²) in [6.07, 6.45) is -3.59. The Morgan fingerprint density at radius 1 is 1.35 bits per heavy atom. The van der Waals surface area contributed by atoms with Gasteiger partial charge in [0.2, 0.25) is 10.0 Å². The number of rotatable bonds is 5. The molecule has 2 N–H and O–H groups in total. The van der Waals surface area contributed by atoms with Crippen LogP contribution < -0.4 is 5.73 Å². The van der Waals surface area contributed by atoms with E-state index in [1.54, 1.807) is 0 Å². The molecule has 0 aliphatic rings. The Hall–Kier alpha value is -1.19. The Bertz CT molecular complexity index is 541. The summed E-state index contributed by atoms with van der Waals surface area (Å²) in [4.78, 5) is 3.51. The maximum atomic E-state index is 12.5. The molecule has 0 amide bonds. The summed E-state index contributed by atoms with van der Waals surface area (Å²) in [7, 11) is -4.25. The number of nitrogens with two attached hydrogens (primary N) is 1. The van der Waals surface area contributed by atoms with Crippen molar-refractivity contribution in [3.05, 3.63) is 24.0 Å². The fourth-order valence-corrected chi connectivity index (χ4v) is 3.11. The second kappa shape index (κ2) is 6.06. The van der Waals surface area contributed by atoms with E-state index in [4.69, 9.17) is 5.73 Å². The van der Waals surface area contributed by atoms with Crippen LogP contribution in [0.1, 0.15) is 19.5 Å². The molecule has 0 saturated carbocycles. The zero-order valence-electron chi connectivity index (χ0n) is 11.1. The van der Waals surface area contributed by atoms with Gasteiger partial charge in [0.25, 0.3) is 0 Å². The van der Waals surface area contributed by atoms with Gasteiger partial charge in [0.1, 0.15) is 11.4 Å². The van der Waals surface area contributed by atoms with E-state index >= 15 is 0 Å². The second-order valence-electron chi connectivity index (χ2n) is 4.45. The zero-order chi connectivity index (χ0) is 15.6. The first-order valence-corrected chi connectivity index (χ1v) is 7.25. The van der Waals surface area contributed by atoms with Crippen LogP contribution in [-0.2, 0) is 16.6 Å². The molecule has 0 unspecified atom stereocenters. The van der Waals surface area contributed by atoms with Gasteiger partial charge < -0.3 is 5.73 Å². The highest BCUT2D eigenvalue weighted by atomic mass is 32.2. The summed E-state index contributed by atoms with van der Waals surface area (Å²) in [6, 6.07) is 1.76. The van der Waals surface area contributed by atoms with E-state index in [0.717, 1.165) is 6.20 Å². The zero-order valence-corrected chi connectivity index (χ0v) is 11.9. The molecule has 0 aliphatic carbocycles. The van der Waals surface area contributed by atoms with Gasteiger partial charge in [-0.3, -0.25) is 4.98 Å². The van der Waals surface area contributed by atoms with Crippen LogP contribution >= 0.6 is 0 Å². The highest BCUT2D eigenvalue weighted by Crippen LogP contribution is 2.24. The summed E-state index contributed by atoms with van der Waals surface area (Å²) in [5.74, 6) is 0. The van der Waals surface area contributed by atoms with Crippen molar-refractivity contribution < 1.29 is 21.6 Å². The van der Waals surface area contributed by atoms with E-state index in [-0.39, 0.29) is 11.4 Å². The van der Waals surface area contributed by atoms with Crippen molar-refractivity contribution in [1.82, 2.24) is 9.29 Å². The molecule has 0 spiro atoms. The molecular formula is C11H16F3N3O2S. The number of aromatic nitrogens is 1. The molecule has 0 radical (unpaired) electrons. The summed E-state index contributed by atoms with van der Waals surface area (Å²) < 4.78 is 62.3. The minimum atomic E-state index is -4.61. The fourth-order valence-electron chi connectivity index (χ4n) is 1.54. The minimum Gasteiger partial charge on any atom is -0.325 e. The average molecular weight is 311 g/mol. The Balaban J connectivity index is 3.15. The quantitative estimate of drug-likeness (QED) is 0.894. The largest absolute Gasteiger partial charge is 0.402 e. The third-order valence-electron chi connectivity index (χ3n) is 2.52. The first-order valence-electron chi connectivity index (χ1n) is 5.81. The van der Waals surface area contributed by atoms with E-state index in [1.807, 2.05) is 0 Å². The van der Waals surface area contributed by atoms with Crippen LogP contribution in [0.3, 0.4) is 0 Å². The SMILES string of the molecule is CC(C)N(CC(F)(F)F)S(=O)(=O)c1ccc(CN)nc1. The monoisotopic (exact) mass is 311 g/mol. The Kier molecular flexibility index (Phi) is 5.11. The molecule has 5 nitrogen and oxygen atoms in total. The number of nitrogens with zero attached hydrogens (tertiary/aromatic N) is 2. The predicted molar refractivity (Wildman–Crippen MR) is 67.2 cm³/mol. The maximum Gasteiger partial charge on any atom is 0.402 e. The normalized spacial score (nSPS) is 13.2. The van der Waals surface area contributed by atoms with Gasteiger partial charge in [0, 0.05) is 18.8 Å². The van der Waals surface area contributed by atoms with Crippen LogP contribution in [0.5, 0.6) is 0 Å². The first kappa shape index (κ1) is 16.9. The number of sulfonamides is 1. The molecule has 1 aromatic rings. The lowest BCUT2D eigenvalue weighted by Gasteiger charge is -2.26. The number of pyridine rings is 1. The molecule has 20 heavy (non-hydrogen) atoms. The Morgan fingerprint density at radius 2 is 1.95 bits per heavy atom. The molecule has 9 heteroatoms. The predicted octanol–water partition coefficient (Wildman–Crippen LogP) is 1.50. The molecule has 1 heterocycles. The molecule has 0 atom stereocenters. The molecule has 0 saturated heterocycles. The third-order valence-corrected chi connectivity index (χ3v) is 4.53. The van der Waals surface area contributed by atoms with Crippen molar-refractivity contribution in [2.75, 3.05) is 6.54 Å². The molecule has 1 rings (SSSR count). The topological polar surface area (TPSA) is 76.3 Å². The number of hydrogen-bond acceptors (Lipinski definition) is 4.